The molecule has 1 aromatic heterocycles. The third kappa shape index (κ3) is 3.61. The second-order valence-electron chi connectivity index (χ2n) is 7.36. The van der Waals surface area contributed by atoms with Crippen LogP contribution in [0.2, 0.25) is 0 Å². The Morgan fingerprint density at radius 3 is 2.57 bits per heavy atom. The highest BCUT2D eigenvalue weighted by Gasteiger charge is 2.27. The van der Waals surface area contributed by atoms with Crippen LogP contribution in [0.25, 0.3) is 16.7 Å². The maximum atomic E-state index is 13.3. The molecule has 0 unspecified atom stereocenters. The minimum absolute atomic E-state index is 0.0179. The van der Waals surface area contributed by atoms with Crippen LogP contribution in [0.3, 0.4) is 0 Å². The van der Waals surface area contributed by atoms with Crippen molar-refractivity contribution in [3.63, 3.8) is 0 Å². The SMILES string of the molecule is C=C(OCC)c1ccc2c(c1)c(NC(=O)C1CCC1)cn2S(=O)(=O)c1ccccc1. The average Bonchev–Trinajstić information content (AvgIpc) is 3.06. The zero-order chi connectivity index (χ0) is 21.3. The van der Waals surface area contributed by atoms with Crippen LogP contribution in [-0.4, -0.2) is 24.9 Å². The Morgan fingerprint density at radius 1 is 1.20 bits per heavy atom. The van der Waals surface area contributed by atoms with Crippen molar-refractivity contribution in [2.24, 2.45) is 5.92 Å². The highest BCUT2D eigenvalue weighted by atomic mass is 32.2. The summed E-state index contributed by atoms with van der Waals surface area (Å²) in [5.41, 5.74) is 1.68. The Balaban J connectivity index is 1.84. The van der Waals surface area contributed by atoms with E-state index in [0.29, 0.717) is 29.0 Å². The summed E-state index contributed by atoms with van der Waals surface area (Å²) < 4.78 is 33.3. The van der Waals surface area contributed by atoms with E-state index >= 15 is 0 Å². The number of ether oxygens (including phenoxy) is 1. The molecule has 0 atom stereocenters. The van der Waals surface area contributed by atoms with Crippen molar-refractivity contribution in [3.05, 3.63) is 66.9 Å². The predicted molar refractivity (Wildman–Crippen MR) is 118 cm³/mol. The number of nitrogens with zero attached hydrogens (tertiary/aromatic N) is 1. The molecule has 2 aromatic carbocycles. The summed E-state index contributed by atoms with van der Waals surface area (Å²) in [4.78, 5) is 12.8. The first kappa shape index (κ1) is 20.2. The molecule has 0 aliphatic heterocycles. The minimum Gasteiger partial charge on any atom is -0.494 e. The number of hydrogen-bond donors (Lipinski definition) is 1. The van der Waals surface area contributed by atoms with Crippen molar-refractivity contribution >= 4 is 38.3 Å². The fourth-order valence-electron chi connectivity index (χ4n) is 3.54. The van der Waals surface area contributed by atoms with Gasteiger partial charge in [-0.15, -0.1) is 0 Å². The Labute approximate surface area is 176 Å². The third-order valence-corrected chi connectivity index (χ3v) is 7.13. The summed E-state index contributed by atoms with van der Waals surface area (Å²) in [5, 5.41) is 3.56. The van der Waals surface area contributed by atoms with Crippen molar-refractivity contribution in [3.8, 4) is 0 Å². The van der Waals surface area contributed by atoms with E-state index < -0.39 is 10.0 Å². The van der Waals surface area contributed by atoms with Crippen LogP contribution in [0.1, 0.15) is 31.7 Å². The van der Waals surface area contributed by atoms with E-state index in [4.69, 9.17) is 4.74 Å². The van der Waals surface area contributed by atoms with E-state index in [1.807, 2.05) is 6.92 Å². The van der Waals surface area contributed by atoms with Gasteiger partial charge >= 0.3 is 0 Å². The van der Waals surface area contributed by atoms with Gasteiger partial charge in [0.1, 0.15) is 5.76 Å². The summed E-state index contributed by atoms with van der Waals surface area (Å²) in [6.07, 6.45) is 4.25. The maximum Gasteiger partial charge on any atom is 0.268 e. The second-order valence-corrected chi connectivity index (χ2v) is 9.18. The lowest BCUT2D eigenvalue weighted by Gasteiger charge is -2.23. The number of fused-ring (bicyclic) bond motifs is 1. The highest BCUT2D eigenvalue weighted by Crippen LogP contribution is 2.34. The topological polar surface area (TPSA) is 77.4 Å². The molecule has 1 fully saturated rings. The maximum absolute atomic E-state index is 13.3. The quantitative estimate of drug-likeness (QED) is 0.561. The first-order valence-electron chi connectivity index (χ1n) is 10.0. The van der Waals surface area contributed by atoms with E-state index in [-0.39, 0.29) is 16.7 Å². The third-order valence-electron chi connectivity index (χ3n) is 5.44. The molecule has 1 aliphatic carbocycles. The van der Waals surface area contributed by atoms with Crippen molar-refractivity contribution in [2.45, 2.75) is 31.1 Å². The van der Waals surface area contributed by atoms with Crippen LogP contribution in [-0.2, 0) is 19.6 Å². The number of anilines is 1. The minimum atomic E-state index is -3.82. The van der Waals surface area contributed by atoms with Gasteiger partial charge in [-0.1, -0.05) is 31.2 Å². The Hall–Kier alpha value is -3.06. The molecular weight excluding hydrogens is 400 g/mol. The van der Waals surface area contributed by atoms with Crippen LogP contribution in [0, 0.1) is 5.92 Å². The molecule has 4 rings (SSSR count). The number of carbonyl (C=O) groups is 1. The number of nitrogens with one attached hydrogen (secondary N) is 1. The molecule has 156 valence electrons. The van der Waals surface area contributed by atoms with Crippen molar-refractivity contribution in [1.29, 1.82) is 0 Å². The van der Waals surface area contributed by atoms with Crippen LogP contribution in [0.4, 0.5) is 5.69 Å². The number of hydrogen-bond acceptors (Lipinski definition) is 4. The van der Waals surface area contributed by atoms with E-state index in [1.165, 1.54) is 10.2 Å². The number of aromatic nitrogens is 1. The fourth-order valence-corrected chi connectivity index (χ4v) is 4.93. The standard InChI is InChI=1S/C23H24N2O4S/c1-3-29-16(2)18-12-13-22-20(14-18)21(24-23(26)17-8-7-9-17)15-25(22)30(27,28)19-10-5-4-6-11-19/h4-6,10-15,17H,2-3,7-9H2,1H3,(H,24,26). The Kier molecular flexibility index (Phi) is 5.39. The summed E-state index contributed by atoms with van der Waals surface area (Å²) in [7, 11) is -3.82. The van der Waals surface area contributed by atoms with Gasteiger partial charge in [-0.3, -0.25) is 4.79 Å². The lowest BCUT2D eigenvalue weighted by atomic mass is 9.85. The zero-order valence-corrected chi connectivity index (χ0v) is 17.6. The molecule has 7 heteroatoms. The number of carbonyl (C=O) groups excluding carboxylic acids is 1. The smallest absolute Gasteiger partial charge is 0.268 e. The van der Waals surface area contributed by atoms with Crippen LogP contribution in [0.15, 0.2) is 66.2 Å². The van der Waals surface area contributed by atoms with Crippen molar-refractivity contribution < 1.29 is 17.9 Å². The fraction of sp³-hybridized carbons (Fsp3) is 0.261. The van der Waals surface area contributed by atoms with E-state index in [0.717, 1.165) is 24.8 Å². The van der Waals surface area contributed by atoms with Gasteiger partial charge in [-0.25, -0.2) is 12.4 Å². The molecule has 0 radical (unpaired) electrons. The van der Waals surface area contributed by atoms with E-state index in [9.17, 15) is 13.2 Å². The first-order chi connectivity index (χ1) is 14.4. The summed E-state index contributed by atoms with van der Waals surface area (Å²) >= 11 is 0. The molecule has 1 N–H and O–H groups in total. The van der Waals surface area contributed by atoms with Gasteiger partial charge < -0.3 is 10.1 Å². The monoisotopic (exact) mass is 424 g/mol. The second kappa shape index (κ2) is 7.99. The highest BCUT2D eigenvalue weighted by molar-refractivity contribution is 7.90. The van der Waals surface area contributed by atoms with Gasteiger partial charge in [0.15, 0.2) is 0 Å². The molecule has 1 amide bonds. The molecule has 6 nitrogen and oxygen atoms in total. The van der Waals surface area contributed by atoms with Gasteiger partial charge in [0, 0.05) is 23.1 Å². The molecule has 3 aromatic rings. The van der Waals surface area contributed by atoms with Crippen LogP contribution >= 0.6 is 0 Å². The molecule has 0 saturated heterocycles. The molecule has 1 aliphatic rings. The van der Waals surface area contributed by atoms with Gasteiger partial charge in [0.05, 0.1) is 22.7 Å². The predicted octanol–water partition coefficient (Wildman–Crippen LogP) is 4.62. The molecule has 1 saturated carbocycles. The van der Waals surface area contributed by atoms with Crippen LogP contribution in [0.5, 0.6) is 0 Å². The molecule has 0 spiro atoms. The van der Waals surface area contributed by atoms with Crippen molar-refractivity contribution in [2.75, 3.05) is 11.9 Å². The van der Waals surface area contributed by atoms with Gasteiger partial charge in [0.25, 0.3) is 10.0 Å². The Bertz CT molecular complexity index is 1210. The van der Waals surface area contributed by atoms with E-state index in [1.54, 1.807) is 48.5 Å². The van der Waals surface area contributed by atoms with Gasteiger partial charge in [0.2, 0.25) is 5.91 Å². The lowest BCUT2D eigenvalue weighted by Crippen LogP contribution is -2.28. The first-order valence-corrected chi connectivity index (χ1v) is 11.4. The Morgan fingerprint density at radius 2 is 1.93 bits per heavy atom. The van der Waals surface area contributed by atoms with Gasteiger partial charge in [-0.2, -0.15) is 0 Å². The largest absolute Gasteiger partial charge is 0.494 e. The zero-order valence-electron chi connectivity index (χ0n) is 16.8. The number of rotatable bonds is 7. The summed E-state index contributed by atoms with van der Waals surface area (Å²) in [6.45, 7) is 6.28. The van der Waals surface area contributed by atoms with Crippen LogP contribution < -0.4 is 5.32 Å². The molecule has 30 heavy (non-hydrogen) atoms. The lowest BCUT2D eigenvalue weighted by molar-refractivity contribution is -0.122. The van der Waals surface area contributed by atoms with Crippen molar-refractivity contribution in [1.82, 2.24) is 3.97 Å². The summed E-state index contributed by atoms with van der Waals surface area (Å²) in [5.74, 6) is 0.400. The number of benzene rings is 2. The van der Waals surface area contributed by atoms with E-state index in [2.05, 4.69) is 11.9 Å². The molecule has 1 heterocycles. The molecule has 0 bridgehead atoms. The average molecular weight is 425 g/mol. The normalized spacial score (nSPS) is 14.3. The number of amides is 1. The summed E-state index contributed by atoms with van der Waals surface area (Å²) in [6, 6.07) is 13.5. The van der Waals surface area contributed by atoms with Gasteiger partial charge in [-0.05, 0) is 50.1 Å². The molecular formula is C23H24N2O4S.